The van der Waals surface area contributed by atoms with Crippen LogP contribution in [0.1, 0.15) is 18.4 Å². The fourth-order valence-corrected chi connectivity index (χ4v) is 4.19. The molecular formula is C21H21NO3S. The van der Waals surface area contributed by atoms with Crippen molar-refractivity contribution in [3.63, 3.8) is 0 Å². The van der Waals surface area contributed by atoms with Crippen LogP contribution in [-0.4, -0.2) is 34.7 Å². The van der Waals surface area contributed by atoms with Crippen LogP contribution in [-0.2, 0) is 11.3 Å². The normalized spacial score (nSPS) is 17.2. The van der Waals surface area contributed by atoms with Gasteiger partial charge < -0.3 is 9.84 Å². The van der Waals surface area contributed by atoms with E-state index in [1.807, 2.05) is 42.5 Å². The first-order valence-electron chi connectivity index (χ1n) is 8.79. The standard InChI is InChI=1S/C21H21NO3S/c23-20(24)21(8-10-22(11-9-21)14-16-7-12-26-15-16)25-19-6-5-17-3-1-2-4-18(17)13-19/h1-7,12-13,15H,8-11,14H2,(H,23,24). The second kappa shape index (κ2) is 7.09. The van der Waals surface area contributed by atoms with Crippen LogP contribution in [0, 0.1) is 0 Å². The largest absolute Gasteiger partial charge is 0.478 e. The molecule has 1 aliphatic heterocycles. The molecule has 26 heavy (non-hydrogen) atoms. The highest BCUT2D eigenvalue weighted by atomic mass is 32.1. The topological polar surface area (TPSA) is 49.8 Å². The van der Waals surface area contributed by atoms with Crippen molar-refractivity contribution in [1.82, 2.24) is 4.90 Å². The highest BCUT2D eigenvalue weighted by Crippen LogP contribution is 2.31. The van der Waals surface area contributed by atoms with E-state index in [9.17, 15) is 9.90 Å². The fourth-order valence-electron chi connectivity index (χ4n) is 3.53. The van der Waals surface area contributed by atoms with Gasteiger partial charge in [-0.2, -0.15) is 11.3 Å². The van der Waals surface area contributed by atoms with Crippen molar-refractivity contribution in [3.05, 3.63) is 64.9 Å². The van der Waals surface area contributed by atoms with Crippen molar-refractivity contribution < 1.29 is 14.6 Å². The number of carboxylic acids is 1. The minimum absolute atomic E-state index is 0.485. The molecule has 2 heterocycles. The van der Waals surface area contributed by atoms with E-state index in [1.165, 1.54) is 5.56 Å². The zero-order chi connectivity index (χ0) is 18.0. The van der Waals surface area contributed by atoms with Crippen LogP contribution in [0.15, 0.2) is 59.3 Å². The van der Waals surface area contributed by atoms with Gasteiger partial charge in [0.15, 0.2) is 0 Å². The Morgan fingerprint density at radius 3 is 2.58 bits per heavy atom. The van der Waals surface area contributed by atoms with Crippen LogP contribution < -0.4 is 4.74 Å². The van der Waals surface area contributed by atoms with Gasteiger partial charge in [-0.15, -0.1) is 0 Å². The van der Waals surface area contributed by atoms with Gasteiger partial charge in [0.2, 0.25) is 5.60 Å². The lowest BCUT2D eigenvalue weighted by Gasteiger charge is -2.38. The van der Waals surface area contributed by atoms with Crippen LogP contribution in [0.2, 0.25) is 0 Å². The molecule has 0 unspecified atom stereocenters. The number of thiophene rings is 1. The third kappa shape index (κ3) is 3.45. The first-order valence-corrected chi connectivity index (χ1v) is 9.74. The zero-order valence-corrected chi connectivity index (χ0v) is 15.2. The second-order valence-electron chi connectivity index (χ2n) is 6.82. The van der Waals surface area contributed by atoms with Crippen molar-refractivity contribution >= 4 is 28.1 Å². The summed E-state index contributed by atoms with van der Waals surface area (Å²) in [5.74, 6) is -0.252. The van der Waals surface area contributed by atoms with Crippen LogP contribution in [0.5, 0.6) is 5.75 Å². The molecule has 2 aromatic carbocycles. The molecule has 4 nitrogen and oxygen atoms in total. The number of hydrogen-bond donors (Lipinski definition) is 1. The Balaban J connectivity index is 1.49. The van der Waals surface area contributed by atoms with Crippen molar-refractivity contribution in [2.75, 3.05) is 13.1 Å². The molecule has 3 aromatic rings. The predicted molar refractivity (Wildman–Crippen MR) is 104 cm³/mol. The van der Waals surface area contributed by atoms with Gasteiger partial charge in [0.1, 0.15) is 5.75 Å². The number of fused-ring (bicyclic) bond motifs is 1. The Labute approximate surface area is 156 Å². The second-order valence-corrected chi connectivity index (χ2v) is 7.60. The van der Waals surface area contributed by atoms with Gasteiger partial charge in [0.25, 0.3) is 0 Å². The van der Waals surface area contributed by atoms with Gasteiger partial charge in [-0.3, -0.25) is 4.90 Å². The summed E-state index contributed by atoms with van der Waals surface area (Å²) in [6.07, 6.45) is 0.971. The zero-order valence-electron chi connectivity index (χ0n) is 14.4. The Morgan fingerprint density at radius 2 is 1.88 bits per heavy atom. The number of carboxylic acid groups (broad SMARTS) is 1. The lowest BCUT2D eigenvalue weighted by molar-refractivity contribution is -0.159. The molecule has 0 radical (unpaired) electrons. The SMILES string of the molecule is O=C(O)C1(Oc2ccc3ccccc3c2)CCN(Cc2ccsc2)CC1. The van der Waals surface area contributed by atoms with E-state index in [4.69, 9.17) is 4.74 Å². The summed E-state index contributed by atoms with van der Waals surface area (Å²) < 4.78 is 6.07. The van der Waals surface area contributed by atoms with E-state index in [-0.39, 0.29) is 0 Å². The number of carbonyl (C=O) groups is 1. The molecule has 0 amide bonds. The number of ether oxygens (including phenoxy) is 1. The molecule has 5 heteroatoms. The third-order valence-electron chi connectivity index (χ3n) is 5.07. The summed E-state index contributed by atoms with van der Waals surface area (Å²) in [6, 6.07) is 15.9. The molecule has 1 aromatic heterocycles. The Kier molecular flexibility index (Phi) is 4.66. The maximum atomic E-state index is 12.0. The summed E-state index contributed by atoms with van der Waals surface area (Å²) in [7, 11) is 0. The summed E-state index contributed by atoms with van der Waals surface area (Å²) >= 11 is 1.69. The maximum Gasteiger partial charge on any atom is 0.348 e. The first kappa shape index (κ1) is 17.1. The highest BCUT2D eigenvalue weighted by molar-refractivity contribution is 7.07. The molecule has 1 saturated heterocycles. The minimum atomic E-state index is -1.15. The Bertz CT molecular complexity index is 899. The van der Waals surface area contributed by atoms with Gasteiger partial charge in [-0.1, -0.05) is 30.3 Å². The monoisotopic (exact) mass is 367 g/mol. The van der Waals surface area contributed by atoms with E-state index in [1.54, 1.807) is 11.3 Å². The molecule has 1 fully saturated rings. The highest BCUT2D eigenvalue weighted by Gasteiger charge is 2.44. The lowest BCUT2D eigenvalue weighted by atomic mass is 9.90. The Morgan fingerprint density at radius 1 is 1.12 bits per heavy atom. The van der Waals surface area contributed by atoms with Gasteiger partial charge in [0.05, 0.1) is 0 Å². The molecule has 0 atom stereocenters. The number of likely N-dealkylation sites (tertiary alicyclic amines) is 1. The fraction of sp³-hybridized carbons (Fsp3) is 0.286. The van der Waals surface area contributed by atoms with Gasteiger partial charge in [0, 0.05) is 32.5 Å². The van der Waals surface area contributed by atoms with Gasteiger partial charge in [-0.05, 0) is 45.3 Å². The van der Waals surface area contributed by atoms with E-state index in [0.29, 0.717) is 18.6 Å². The van der Waals surface area contributed by atoms with E-state index >= 15 is 0 Å². The van der Waals surface area contributed by atoms with E-state index in [0.717, 1.165) is 30.4 Å². The summed E-state index contributed by atoms with van der Waals surface area (Å²) in [5.41, 5.74) is 0.140. The van der Waals surface area contributed by atoms with Crippen molar-refractivity contribution in [2.45, 2.75) is 25.0 Å². The Hall–Kier alpha value is -2.37. The van der Waals surface area contributed by atoms with Gasteiger partial charge >= 0.3 is 5.97 Å². The van der Waals surface area contributed by atoms with Crippen LogP contribution in [0.3, 0.4) is 0 Å². The molecule has 0 saturated carbocycles. The lowest BCUT2D eigenvalue weighted by Crippen LogP contribution is -2.53. The smallest absolute Gasteiger partial charge is 0.348 e. The number of piperidine rings is 1. The van der Waals surface area contributed by atoms with Crippen molar-refractivity contribution in [2.24, 2.45) is 0 Å². The number of aliphatic carboxylic acids is 1. The molecule has 0 spiro atoms. The molecule has 0 aliphatic carbocycles. The number of nitrogens with zero attached hydrogens (tertiary/aromatic N) is 1. The third-order valence-corrected chi connectivity index (χ3v) is 5.81. The average molecular weight is 367 g/mol. The van der Waals surface area contributed by atoms with E-state index in [2.05, 4.69) is 21.7 Å². The van der Waals surface area contributed by atoms with Gasteiger partial charge in [-0.25, -0.2) is 4.79 Å². The molecule has 1 N–H and O–H groups in total. The van der Waals surface area contributed by atoms with Crippen molar-refractivity contribution in [1.29, 1.82) is 0 Å². The summed E-state index contributed by atoms with van der Waals surface area (Å²) in [4.78, 5) is 14.3. The van der Waals surface area contributed by atoms with Crippen LogP contribution in [0.4, 0.5) is 0 Å². The maximum absolute atomic E-state index is 12.0. The number of rotatable bonds is 5. The average Bonchev–Trinajstić information content (AvgIpc) is 3.16. The van der Waals surface area contributed by atoms with E-state index < -0.39 is 11.6 Å². The number of hydrogen-bond acceptors (Lipinski definition) is 4. The summed E-state index contributed by atoms with van der Waals surface area (Å²) in [5, 5.41) is 16.3. The molecule has 0 bridgehead atoms. The molecule has 4 rings (SSSR count). The predicted octanol–water partition coefficient (Wildman–Crippen LogP) is 4.40. The molecular weight excluding hydrogens is 346 g/mol. The van der Waals surface area contributed by atoms with Crippen LogP contribution >= 0.6 is 11.3 Å². The quantitative estimate of drug-likeness (QED) is 0.726. The minimum Gasteiger partial charge on any atom is -0.478 e. The molecule has 1 aliphatic rings. The van der Waals surface area contributed by atoms with Crippen molar-refractivity contribution in [3.8, 4) is 5.75 Å². The van der Waals surface area contributed by atoms with Crippen LogP contribution in [0.25, 0.3) is 10.8 Å². The molecule has 134 valence electrons. The number of benzene rings is 2. The summed E-state index contributed by atoms with van der Waals surface area (Å²) in [6.45, 7) is 2.31. The first-order chi connectivity index (χ1) is 12.6.